The molecule has 1 aromatic carbocycles. The number of aromatic nitrogens is 1. The largest absolute Gasteiger partial charge is 0.416 e. The maximum Gasteiger partial charge on any atom is 0.416 e. The van der Waals surface area contributed by atoms with Crippen LogP contribution in [0.15, 0.2) is 60.8 Å². The van der Waals surface area contributed by atoms with E-state index >= 15 is 0 Å². The Kier molecular flexibility index (Phi) is 5.19. The first-order valence-electron chi connectivity index (χ1n) is 8.07. The Balaban J connectivity index is 2.02. The van der Waals surface area contributed by atoms with Crippen LogP contribution in [0.1, 0.15) is 11.3 Å². The van der Waals surface area contributed by atoms with Gasteiger partial charge in [-0.25, -0.2) is 0 Å². The Bertz CT molecular complexity index is 1010. The SMILES string of the molecule is C=CCN1C(=O)/C(=C/c2cccn2-c2cccc(C(F)(F)F)c2)C(=O)NC1=S. The number of nitrogens with one attached hydrogen (secondary N) is 1. The van der Waals surface area contributed by atoms with Crippen LogP contribution in [0.25, 0.3) is 11.8 Å². The van der Waals surface area contributed by atoms with Crippen molar-refractivity contribution in [2.24, 2.45) is 0 Å². The molecule has 1 aliphatic heterocycles. The van der Waals surface area contributed by atoms with E-state index in [2.05, 4.69) is 11.9 Å². The highest BCUT2D eigenvalue weighted by Crippen LogP contribution is 2.31. The van der Waals surface area contributed by atoms with Crippen molar-refractivity contribution in [1.29, 1.82) is 0 Å². The van der Waals surface area contributed by atoms with Crippen molar-refractivity contribution in [2.75, 3.05) is 6.54 Å². The second kappa shape index (κ2) is 7.43. The van der Waals surface area contributed by atoms with Crippen LogP contribution in [-0.2, 0) is 15.8 Å². The Hall–Kier alpha value is -3.20. The molecule has 2 aromatic rings. The molecule has 1 fully saturated rings. The van der Waals surface area contributed by atoms with Gasteiger partial charge in [-0.05, 0) is 48.6 Å². The molecule has 0 aliphatic carbocycles. The molecule has 1 N–H and O–H groups in total. The van der Waals surface area contributed by atoms with Crippen molar-refractivity contribution in [3.8, 4) is 5.69 Å². The van der Waals surface area contributed by atoms with Crippen LogP contribution in [0.5, 0.6) is 0 Å². The molecule has 0 bridgehead atoms. The number of nitrogens with zero attached hydrogens (tertiary/aromatic N) is 2. The Morgan fingerprint density at radius 3 is 2.61 bits per heavy atom. The normalized spacial score (nSPS) is 16.5. The third-order valence-electron chi connectivity index (χ3n) is 4.02. The molecule has 9 heteroatoms. The fourth-order valence-corrected chi connectivity index (χ4v) is 2.97. The van der Waals surface area contributed by atoms with Gasteiger partial charge in [-0.2, -0.15) is 13.2 Å². The van der Waals surface area contributed by atoms with E-state index in [-0.39, 0.29) is 22.9 Å². The smallest absolute Gasteiger partial charge is 0.317 e. The summed E-state index contributed by atoms with van der Waals surface area (Å²) in [5, 5.41) is 2.39. The third-order valence-corrected chi connectivity index (χ3v) is 4.34. The van der Waals surface area contributed by atoms with Crippen LogP contribution in [-0.4, -0.2) is 32.9 Å². The van der Waals surface area contributed by atoms with Gasteiger partial charge in [0, 0.05) is 24.1 Å². The summed E-state index contributed by atoms with van der Waals surface area (Å²) in [7, 11) is 0. The summed E-state index contributed by atoms with van der Waals surface area (Å²) >= 11 is 4.99. The van der Waals surface area contributed by atoms with Crippen LogP contribution in [0.4, 0.5) is 13.2 Å². The van der Waals surface area contributed by atoms with E-state index in [1.54, 1.807) is 18.3 Å². The molecule has 3 rings (SSSR count). The van der Waals surface area contributed by atoms with Gasteiger partial charge in [0.15, 0.2) is 5.11 Å². The molecular formula is C19H14F3N3O2S. The lowest BCUT2D eigenvalue weighted by Crippen LogP contribution is -2.53. The molecule has 0 saturated carbocycles. The lowest BCUT2D eigenvalue weighted by Gasteiger charge is -2.27. The topological polar surface area (TPSA) is 54.3 Å². The zero-order valence-electron chi connectivity index (χ0n) is 14.4. The van der Waals surface area contributed by atoms with E-state index in [1.165, 1.54) is 33.8 Å². The second-order valence-corrected chi connectivity index (χ2v) is 6.26. The standard InChI is InChI=1S/C19H14F3N3O2S/c1-2-8-25-17(27)15(16(26)23-18(25)28)11-14-7-4-9-24(14)13-6-3-5-12(10-13)19(20,21)22/h2-7,9-11H,1,8H2,(H,23,26,28)/b15-11+. The number of carbonyl (C=O) groups excluding carboxylic acids is 2. The monoisotopic (exact) mass is 405 g/mol. The maximum atomic E-state index is 13.0. The average molecular weight is 405 g/mol. The van der Waals surface area contributed by atoms with Crippen LogP contribution in [0.3, 0.4) is 0 Å². The lowest BCUT2D eigenvalue weighted by molar-refractivity contribution is -0.137. The van der Waals surface area contributed by atoms with Crippen LogP contribution >= 0.6 is 12.2 Å². The van der Waals surface area contributed by atoms with Crippen LogP contribution in [0, 0.1) is 0 Å². The van der Waals surface area contributed by atoms with Crippen LogP contribution < -0.4 is 5.32 Å². The fourth-order valence-electron chi connectivity index (χ4n) is 2.72. The Morgan fingerprint density at radius 1 is 1.18 bits per heavy atom. The van der Waals surface area contributed by atoms with Crippen molar-refractivity contribution in [2.45, 2.75) is 6.18 Å². The molecular weight excluding hydrogens is 391 g/mol. The van der Waals surface area contributed by atoms with Crippen molar-refractivity contribution in [3.63, 3.8) is 0 Å². The van der Waals surface area contributed by atoms with Crippen LogP contribution in [0.2, 0.25) is 0 Å². The van der Waals surface area contributed by atoms with Gasteiger partial charge in [-0.1, -0.05) is 12.1 Å². The number of amides is 2. The van der Waals surface area contributed by atoms with E-state index in [0.717, 1.165) is 12.1 Å². The minimum atomic E-state index is -4.48. The highest BCUT2D eigenvalue weighted by molar-refractivity contribution is 7.80. The zero-order chi connectivity index (χ0) is 20.5. The molecule has 0 atom stereocenters. The quantitative estimate of drug-likeness (QED) is 0.368. The number of alkyl halides is 3. The number of thiocarbonyl (C=S) groups is 1. The number of halogens is 3. The lowest BCUT2D eigenvalue weighted by atomic mass is 10.1. The molecule has 1 aliphatic rings. The predicted octanol–water partition coefficient (Wildman–Crippen LogP) is 3.31. The van der Waals surface area contributed by atoms with E-state index < -0.39 is 23.6 Å². The molecule has 2 heterocycles. The summed E-state index contributed by atoms with van der Waals surface area (Å²) in [4.78, 5) is 26.0. The molecule has 1 saturated heterocycles. The Labute approximate surface area is 163 Å². The second-order valence-electron chi connectivity index (χ2n) is 5.87. The molecule has 144 valence electrons. The summed E-state index contributed by atoms with van der Waals surface area (Å²) in [6.45, 7) is 3.66. The van der Waals surface area contributed by atoms with Crippen molar-refractivity contribution < 1.29 is 22.8 Å². The molecule has 0 radical (unpaired) electrons. The average Bonchev–Trinajstić information content (AvgIpc) is 3.10. The maximum absolute atomic E-state index is 13.0. The Morgan fingerprint density at radius 2 is 1.93 bits per heavy atom. The van der Waals surface area contributed by atoms with Crippen molar-refractivity contribution in [3.05, 3.63) is 72.1 Å². The van der Waals surface area contributed by atoms with Gasteiger partial charge in [0.1, 0.15) is 5.57 Å². The van der Waals surface area contributed by atoms with Gasteiger partial charge in [0.05, 0.1) is 5.56 Å². The van der Waals surface area contributed by atoms with Gasteiger partial charge in [-0.3, -0.25) is 19.8 Å². The first-order chi connectivity index (χ1) is 13.2. The van der Waals surface area contributed by atoms with E-state index in [9.17, 15) is 22.8 Å². The first kappa shape index (κ1) is 19.6. The number of hydrogen-bond donors (Lipinski definition) is 1. The molecule has 2 amide bonds. The van der Waals surface area contributed by atoms with E-state index in [1.807, 2.05) is 0 Å². The minimum absolute atomic E-state index is 0.0275. The van der Waals surface area contributed by atoms with Crippen molar-refractivity contribution >= 4 is 35.2 Å². The van der Waals surface area contributed by atoms with Crippen molar-refractivity contribution in [1.82, 2.24) is 14.8 Å². The minimum Gasteiger partial charge on any atom is -0.317 e. The molecule has 0 unspecified atom stereocenters. The fraction of sp³-hybridized carbons (Fsp3) is 0.105. The first-order valence-corrected chi connectivity index (χ1v) is 8.48. The van der Waals surface area contributed by atoms with Gasteiger partial charge in [0.25, 0.3) is 11.8 Å². The summed E-state index contributed by atoms with van der Waals surface area (Å²) in [6.07, 6.45) is -0.165. The van der Waals surface area contributed by atoms with E-state index in [4.69, 9.17) is 12.2 Å². The van der Waals surface area contributed by atoms with Gasteiger partial charge < -0.3 is 4.57 Å². The summed E-state index contributed by atoms with van der Waals surface area (Å²) in [5.41, 5.74) is -0.369. The number of hydrogen-bond acceptors (Lipinski definition) is 3. The molecule has 0 spiro atoms. The molecule has 28 heavy (non-hydrogen) atoms. The molecule has 1 aromatic heterocycles. The summed E-state index contributed by atoms with van der Waals surface area (Å²) in [5.74, 6) is -1.28. The van der Waals surface area contributed by atoms with E-state index in [0.29, 0.717) is 5.69 Å². The number of benzene rings is 1. The van der Waals surface area contributed by atoms with Gasteiger partial charge in [-0.15, -0.1) is 6.58 Å². The predicted molar refractivity (Wildman–Crippen MR) is 101 cm³/mol. The zero-order valence-corrected chi connectivity index (χ0v) is 15.2. The van der Waals surface area contributed by atoms with Gasteiger partial charge >= 0.3 is 6.18 Å². The summed E-state index contributed by atoms with van der Waals surface area (Å²) in [6, 6.07) is 7.93. The third kappa shape index (κ3) is 3.74. The highest BCUT2D eigenvalue weighted by atomic mass is 32.1. The summed E-state index contributed by atoms with van der Waals surface area (Å²) < 4.78 is 40.4. The molecule has 5 nitrogen and oxygen atoms in total. The van der Waals surface area contributed by atoms with Gasteiger partial charge in [0.2, 0.25) is 0 Å². The number of carbonyl (C=O) groups is 2. The highest BCUT2D eigenvalue weighted by Gasteiger charge is 2.33. The number of rotatable bonds is 4.